The number of aryl methyl sites for hydroxylation is 3. The second-order valence-corrected chi connectivity index (χ2v) is 5.65. The molecule has 2 rings (SSSR count). The van der Waals surface area contributed by atoms with Gasteiger partial charge < -0.3 is 14.5 Å². The second-order valence-electron chi connectivity index (χ2n) is 5.65. The van der Waals surface area contributed by atoms with Crippen molar-refractivity contribution in [3.05, 3.63) is 58.5 Å². The minimum Gasteiger partial charge on any atom is -0.467 e. The topological polar surface area (TPSA) is 68.5 Å². The molecular weight excluding hydrogens is 294 g/mol. The molecule has 1 atom stereocenters. The Hall–Kier alpha value is -2.56. The van der Waals surface area contributed by atoms with Crippen LogP contribution < -0.4 is 5.32 Å². The zero-order chi connectivity index (χ0) is 17.0. The van der Waals surface area contributed by atoms with Crippen LogP contribution in [-0.4, -0.2) is 18.5 Å². The Balaban J connectivity index is 1.93. The molecule has 0 saturated carbocycles. The van der Waals surface area contributed by atoms with E-state index in [1.165, 1.54) is 0 Å². The van der Waals surface area contributed by atoms with Crippen LogP contribution in [0.25, 0.3) is 0 Å². The zero-order valence-electron chi connectivity index (χ0n) is 13.8. The quantitative estimate of drug-likeness (QED) is 0.860. The van der Waals surface area contributed by atoms with Crippen LogP contribution in [0.3, 0.4) is 0 Å². The summed E-state index contributed by atoms with van der Waals surface area (Å²) in [6.07, 6.45) is 1.54. The van der Waals surface area contributed by atoms with Crippen molar-refractivity contribution in [1.29, 1.82) is 0 Å². The number of nitrogens with one attached hydrogen (secondary N) is 1. The van der Waals surface area contributed by atoms with Crippen molar-refractivity contribution in [3.63, 3.8) is 0 Å². The van der Waals surface area contributed by atoms with Gasteiger partial charge in [-0.15, -0.1) is 0 Å². The molecule has 1 heterocycles. The Morgan fingerprint density at radius 1 is 1.22 bits per heavy atom. The van der Waals surface area contributed by atoms with Gasteiger partial charge >= 0.3 is 5.97 Å². The van der Waals surface area contributed by atoms with Crippen LogP contribution in [0.5, 0.6) is 0 Å². The number of carbonyl (C=O) groups excluding carboxylic acids is 2. The van der Waals surface area contributed by atoms with E-state index in [1.807, 2.05) is 32.9 Å². The van der Waals surface area contributed by atoms with Gasteiger partial charge in [0.15, 0.2) is 6.61 Å². The normalized spacial score (nSPS) is 11.8. The maximum Gasteiger partial charge on any atom is 0.339 e. The first-order chi connectivity index (χ1) is 10.9. The second kappa shape index (κ2) is 7.13. The molecule has 1 amide bonds. The van der Waals surface area contributed by atoms with Gasteiger partial charge in [0.05, 0.1) is 17.9 Å². The fourth-order valence-corrected chi connectivity index (χ4v) is 2.60. The van der Waals surface area contributed by atoms with Gasteiger partial charge in [-0.2, -0.15) is 0 Å². The molecule has 1 aromatic carbocycles. The molecule has 0 spiro atoms. The number of rotatable bonds is 5. The van der Waals surface area contributed by atoms with Crippen molar-refractivity contribution < 1.29 is 18.7 Å². The molecule has 2 aromatic rings. The van der Waals surface area contributed by atoms with Crippen LogP contribution in [0.1, 0.15) is 45.8 Å². The van der Waals surface area contributed by atoms with E-state index in [-0.39, 0.29) is 18.6 Å². The van der Waals surface area contributed by atoms with E-state index in [4.69, 9.17) is 9.15 Å². The molecule has 0 radical (unpaired) electrons. The average Bonchev–Trinajstić information content (AvgIpc) is 2.98. The lowest BCUT2D eigenvalue weighted by atomic mass is 10.00. The van der Waals surface area contributed by atoms with Crippen molar-refractivity contribution in [2.24, 2.45) is 0 Å². The molecule has 5 heteroatoms. The van der Waals surface area contributed by atoms with Gasteiger partial charge in [0.1, 0.15) is 5.76 Å². The highest BCUT2D eigenvalue weighted by molar-refractivity contribution is 5.94. The summed E-state index contributed by atoms with van der Waals surface area (Å²) in [6.45, 7) is 7.16. The summed E-state index contributed by atoms with van der Waals surface area (Å²) in [5.74, 6) is -0.208. The Bertz CT molecular complexity index is 681. The largest absolute Gasteiger partial charge is 0.467 e. The maximum absolute atomic E-state index is 12.2. The summed E-state index contributed by atoms with van der Waals surface area (Å²) in [6, 6.07) is 7.08. The zero-order valence-corrected chi connectivity index (χ0v) is 13.8. The van der Waals surface area contributed by atoms with Crippen LogP contribution in [0.15, 0.2) is 34.9 Å². The molecule has 23 heavy (non-hydrogen) atoms. The summed E-state index contributed by atoms with van der Waals surface area (Å²) in [5.41, 5.74) is 3.29. The lowest BCUT2D eigenvalue weighted by Gasteiger charge is -2.13. The fourth-order valence-electron chi connectivity index (χ4n) is 2.60. The number of benzene rings is 1. The Morgan fingerprint density at radius 2 is 1.87 bits per heavy atom. The van der Waals surface area contributed by atoms with Crippen molar-refractivity contribution in [2.75, 3.05) is 6.61 Å². The highest BCUT2D eigenvalue weighted by atomic mass is 16.5. The molecule has 122 valence electrons. The molecular formula is C18H21NO4. The van der Waals surface area contributed by atoms with Crippen molar-refractivity contribution in [2.45, 2.75) is 33.7 Å². The highest BCUT2D eigenvalue weighted by Gasteiger charge is 2.17. The molecule has 0 saturated heterocycles. The van der Waals surface area contributed by atoms with Gasteiger partial charge in [-0.05, 0) is 51.0 Å². The fraction of sp³-hybridized carbons (Fsp3) is 0.333. The predicted molar refractivity (Wildman–Crippen MR) is 86.2 cm³/mol. The van der Waals surface area contributed by atoms with Crippen molar-refractivity contribution in [1.82, 2.24) is 5.32 Å². The van der Waals surface area contributed by atoms with Gasteiger partial charge in [-0.3, -0.25) is 4.79 Å². The van der Waals surface area contributed by atoms with E-state index in [0.29, 0.717) is 11.3 Å². The number of hydrogen-bond acceptors (Lipinski definition) is 4. The summed E-state index contributed by atoms with van der Waals surface area (Å²) in [4.78, 5) is 24.1. The summed E-state index contributed by atoms with van der Waals surface area (Å²) >= 11 is 0. The Kier molecular flexibility index (Phi) is 5.21. The number of esters is 1. The number of amides is 1. The molecule has 0 aliphatic carbocycles. The van der Waals surface area contributed by atoms with Crippen LogP contribution >= 0.6 is 0 Å². The first-order valence-corrected chi connectivity index (χ1v) is 7.46. The molecule has 0 aliphatic rings. The first-order valence-electron chi connectivity index (χ1n) is 7.46. The molecule has 0 bridgehead atoms. The monoisotopic (exact) mass is 315 g/mol. The van der Waals surface area contributed by atoms with Gasteiger partial charge in [-0.25, -0.2) is 4.79 Å². The van der Waals surface area contributed by atoms with Gasteiger partial charge in [-0.1, -0.05) is 17.7 Å². The van der Waals surface area contributed by atoms with E-state index in [0.717, 1.165) is 16.7 Å². The third-order valence-electron chi connectivity index (χ3n) is 3.56. The van der Waals surface area contributed by atoms with Crippen molar-refractivity contribution >= 4 is 11.9 Å². The van der Waals surface area contributed by atoms with E-state index in [9.17, 15) is 9.59 Å². The molecule has 1 aromatic heterocycles. The maximum atomic E-state index is 12.2. The summed E-state index contributed by atoms with van der Waals surface area (Å²) in [5, 5.41) is 2.72. The lowest BCUT2D eigenvalue weighted by Crippen LogP contribution is -2.31. The number of hydrogen-bond donors (Lipinski definition) is 1. The minimum atomic E-state index is -0.485. The van der Waals surface area contributed by atoms with Crippen LogP contribution in [0.4, 0.5) is 0 Å². The van der Waals surface area contributed by atoms with E-state index in [2.05, 4.69) is 5.32 Å². The van der Waals surface area contributed by atoms with Gasteiger partial charge in [0.25, 0.3) is 5.91 Å². The minimum absolute atomic E-state index is 0.279. The van der Waals surface area contributed by atoms with Crippen molar-refractivity contribution in [3.8, 4) is 0 Å². The van der Waals surface area contributed by atoms with Crippen LogP contribution in [0, 0.1) is 20.8 Å². The average molecular weight is 315 g/mol. The third-order valence-corrected chi connectivity index (χ3v) is 3.56. The van der Waals surface area contributed by atoms with E-state index < -0.39 is 5.97 Å². The molecule has 0 fully saturated rings. The number of ether oxygens (including phenoxy) is 1. The highest BCUT2D eigenvalue weighted by Crippen LogP contribution is 2.17. The standard InChI is InChI=1S/C18H21NO4/c1-11-8-12(2)17(13(3)9-11)18(21)23-10-16(20)19-14(4)15-6-5-7-22-15/h5-9,14H,10H2,1-4H3,(H,19,20)/t14-/m0/s1. The van der Waals surface area contributed by atoms with Gasteiger partial charge in [0.2, 0.25) is 0 Å². The van der Waals surface area contributed by atoms with E-state index in [1.54, 1.807) is 25.3 Å². The number of carbonyl (C=O) groups is 2. The van der Waals surface area contributed by atoms with Gasteiger partial charge in [0, 0.05) is 0 Å². The first kappa shape index (κ1) is 16.8. The van der Waals surface area contributed by atoms with Crippen LogP contribution in [-0.2, 0) is 9.53 Å². The smallest absolute Gasteiger partial charge is 0.339 e. The van der Waals surface area contributed by atoms with Crippen LogP contribution in [0.2, 0.25) is 0 Å². The molecule has 5 nitrogen and oxygen atoms in total. The molecule has 0 aliphatic heterocycles. The molecule has 1 N–H and O–H groups in total. The third kappa shape index (κ3) is 4.22. The molecule has 0 unspecified atom stereocenters. The predicted octanol–water partition coefficient (Wildman–Crippen LogP) is 3.24. The lowest BCUT2D eigenvalue weighted by molar-refractivity contribution is -0.125. The SMILES string of the molecule is Cc1cc(C)c(C(=O)OCC(=O)N[C@@H](C)c2ccco2)c(C)c1. The summed E-state index contributed by atoms with van der Waals surface area (Å²) in [7, 11) is 0. The Labute approximate surface area is 135 Å². The number of furan rings is 1. The summed E-state index contributed by atoms with van der Waals surface area (Å²) < 4.78 is 10.3. The van der Waals surface area contributed by atoms with E-state index >= 15 is 0 Å². The Morgan fingerprint density at radius 3 is 2.43 bits per heavy atom.